The van der Waals surface area contributed by atoms with Crippen LogP contribution in [0.25, 0.3) is 0 Å². The molecule has 0 amide bonds. The van der Waals surface area contributed by atoms with Crippen molar-refractivity contribution in [1.29, 1.82) is 0 Å². The van der Waals surface area contributed by atoms with Crippen LogP contribution in [0, 0.1) is 0 Å². The van der Waals surface area contributed by atoms with E-state index in [2.05, 4.69) is 12.2 Å². The molecule has 0 aliphatic heterocycles. The second-order valence-electron chi connectivity index (χ2n) is 3.23. The molecule has 0 rings (SSSR count). The molecule has 0 aliphatic carbocycles. The minimum Gasteiger partial charge on any atom is -0.396 e. The Morgan fingerprint density at radius 1 is 1.42 bits per heavy atom. The maximum absolute atomic E-state index is 9.01. The number of nitrogens with one attached hydrogen (secondary N) is 1. The predicted octanol–water partition coefficient (Wildman–Crippen LogP) is 0.508. The lowest BCUT2D eigenvalue weighted by Gasteiger charge is -2.17. The molecule has 3 N–H and O–H groups in total. The van der Waals surface area contributed by atoms with Crippen molar-refractivity contribution in [3.8, 4) is 0 Å². The first-order chi connectivity index (χ1) is 5.70. The summed E-state index contributed by atoms with van der Waals surface area (Å²) >= 11 is 0. The molecule has 0 aromatic heterocycles. The molecule has 0 aromatic carbocycles. The van der Waals surface area contributed by atoms with Gasteiger partial charge in [-0.3, -0.25) is 0 Å². The Balaban J connectivity index is 3.39. The molecule has 3 heteroatoms. The Labute approximate surface area is 74.8 Å². The lowest BCUT2D eigenvalue weighted by atomic mass is 10.1. The quantitative estimate of drug-likeness (QED) is 0.528. The van der Waals surface area contributed by atoms with Gasteiger partial charge in [0.15, 0.2) is 0 Å². The van der Waals surface area contributed by atoms with Gasteiger partial charge in [-0.25, -0.2) is 0 Å². The predicted molar refractivity (Wildman–Crippen MR) is 50.1 cm³/mol. The molecular formula is C9H21NO2. The van der Waals surface area contributed by atoms with Crippen LogP contribution in [0.4, 0.5) is 0 Å². The molecule has 0 spiro atoms. The highest BCUT2D eigenvalue weighted by Crippen LogP contribution is 2.00. The molecular weight excluding hydrogens is 154 g/mol. The van der Waals surface area contributed by atoms with Crippen LogP contribution in [-0.2, 0) is 0 Å². The summed E-state index contributed by atoms with van der Waals surface area (Å²) in [7, 11) is 0. The van der Waals surface area contributed by atoms with Gasteiger partial charge in [-0.05, 0) is 26.2 Å². The summed E-state index contributed by atoms with van der Waals surface area (Å²) < 4.78 is 0. The highest BCUT2D eigenvalue weighted by atomic mass is 16.3. The summed E-state index contributed by atoms with van der Waals surface area (Å²) in [5.41, 5.74) is 0. The molecule has 12 heavy (non-hydrogen) atoms. The fourth-order valence-electron chi connectivity index (χ4n) is 1.13. The van der Waals surface area contributed by atoms with Crippen molar-refractivity contribution < 1.29 is 10.2 Å². The highest BCUT2D eigenvalue weighted by Gasteiger charge is 2.05. The van der Waals surface area contributed by atoms with Crippen molar-refractivity contribution in [2.24, 2.45) is 0 Å². The molecule has 0 heterocycles. The van der Waals surface area contributed by atoms with E-state index in [1.54, 1.807) is 6.92 Å². The van der Waals surface area contributed by atoms with Gasteiger partial charge in [0.1, 0.15) is 0 Å². The van der Waals surface area contributed by atoms with E-state index >= 15 is 0 Å². The number of hydrogen-bond donors (Lipinski definition) is 3. The smallest absolute Gasteiger partial charge is 0.0636 e. The van der Waals surface area contributed by atoms with E-state index < -0.39 is 0 Å². The van der Waals surface area contributed by atoms with Crippen LogP contribution in [0.2, 0.25) is 0 Å². The first kappa shape index (κ1) is 11.9. The van der Waals surface area contributed by atoms with Crippen molar-refractivity contribution >= 4 is 0 Å². The average molecular weight is 175 g/mol. The molecule has 0 bridgehead atoms. The third kappa shape index (κ3) is 6.58. The van der Waals surface area contributed by atoms with E-state index in [1.807, 2.05) is 0 Å². The Morgan fingerprint density at radius 3 is 2.50 bits per heavy atom. The molecule has 3 nitrogen and oxygen atoms in total. The van der Waals surface area contributed by atoms with Crippen LogP contribution < -0.4 is 5.32 Å². The van der Waals surface area contributed by atoms with Crippen LogP contribution in [-0.4, -0.2) is 35.5 Å². The number of aliphatic hydroxyl groups is 2. The number of aliphatic hydroxyl groups excluding tert-OH is 2. The summed E-state index contributed by atoms with van der Waals surface area (Å²) in [6.45, 7) is 4.78. The molecule has 2 atom stereocenters. The molecule has 0 aromatic rings. The van der Waals surface area contributed by atoms with Gasteiger partial charge in [0, 0.05) is 19.2 Å². The van der Waals surface area contributed by atoms with Gasteiger partial charge < -0.3 is 15.5 Å². The van der Waals surface area contributed by atoms with Gasteiger partial charge in [-0.1, -0.05) is 6.92 Å². The van der Waals surface area contributed by atoms with E-state index in [0.717, 1.165) is 19.3 Å². The second-order valence-corrected chi connectivity index (χ2v) is 3.23. The van der Waals surface area contributed by atoms with Crippen LogP contribution in [0.15, 0.2) is 0 Å². The zero-order valence-corrected chi connectivity index (χ0v) is 8.08. The van der Waals surface area contributed by atoms with Gasteiger partial charge >= 0.3 is 0 Å². The summed E-state index contributed by atoms with van der Waals surface area (Å²) in [6, 6.07) is 0.437. The van der Waals surface area contributed by atoms with Crippen LogP contribution >= 0.6 is 0 Å². The van der Waals surface area contributed by atoms with E-state index in [-0.39, 0.29) is 12.7 Å². The fourth-order valence-corrected chi connectivity index (χ4v) is 1.13. The molecule has 0 radical (unpaired) electrons. The van der Waals surface area contributed by atoms with Gasteiger partial charge in [-0.15, -0.1) is 0 Å². The summed E-state index contributed by atoms with van der Waals surface area (Å²) in [4.78, 5) is 0. The standard InChI is InChI=1S/C9H21NO2/c1-3-9(5-4-6-11)10-7-8(2)12/h8-12H,3-7H2,1-2H3. The van der Waals surface area contributed by atoms with Crippen molar-refractivity contribution in [3.63, 3.8) is 0 Å². The van der Waals surface area contributed by atoms with Gasteiger partial charge in [0.25, 0.3) is 0 Å². The normalized spacial score (nSPS) is 16.0. The first-order valence-corrected chi connectivity index (χ1v) is 4.73. The van der Waals surface area contributed by atoms with E-state index in [1.165, 1.54) is 0 Å². The SMILES string of the molecule is CCC(CCCO)NCC(C)O. The third-order valence-electron chi connectivity index (χ3n) is 1.91. The lowest BCUT2D eigenvalue weighted by Crippen LogP contribution is -2.34. The molecule has 74 valence electrons. The van der Waals surface area contributed by atoms with Crippen molar-refractivity contribution in [2.45, 2.75) is 45.3 Å². The maximum atomic E-state index is 9.01. The molecule has 2 unspecified atom stereocenters. The zero-order chi connectivity index (χ0) is 9.40. The Bertz CT molecular complexity index is 96.5. The van der Waals surface area contributed by atoms with Crippen molar-refractivity contribution in [3.05, 3.63) is 0 Å². The van der Waals surface area contributed by atoms with Crippen LogP contribution in [0.1, 0.15) is 33.1 Å². The summed E-state index contributed by atoms with van der Waals surface area (Å²) in [6.07, 6.45) is 2.59. The molecule has 0 saturated heterocycles. The van der Waals surface area contributed by atoms with Crippen molar-refractivity contribution in [2.75, 3.05) is 13.2 Å². The van der Waals surface area contributed by atoms with E-state index in [0.29, 0.717) is 12.6 Å². The topological polar surface area (TPSA) is 52.5 Å². The van der Waals surface area contributed by atoms with Gasteiger partial charge in [0.2, 0.25) is 0 Å². The van der Waals surface area contributed by atoms with Crippen molar-refractivity contribution in [1.82, 2.24) is 5.32 Å². The third-order valence-corrected chi connectivity index (χ3v) is 1.91. The number of rotatable bonds is 7. The van der Waals surface area contributed by atoms with Crippen LogP contribution in [0.3, 0.4) is 0 Å². The zero-order valence-electron chi connectivity index (χ0n) is 8.08. The Kier molecular flexibility index (Phi) is 7.45. The highest BCUT2D eigenvalue weighted by molar-refractivity contribution is 4.66. The monoisotopic (exact) mass is 175 g/mol. The van der Waals surface area contributed by atoms with E-state index in [4.69, 9.17) is 10.2 Å². The van der Waals surface area contributed by atoms with Gasteiger partial charge in [-0.2, -0.15) is 0 Å². The first-order valence-electron chi connectivity index (χ1n) is 4.73. The minimum absolute atomic E-state index is 0.257. The fraction of sp³-hybridized carbons (Fsp3) is 1.00. The van der Waals surface area contributed by atoms with E-state index in [9.17, 15) is 0 Å². The summed E-state index contributed by atoms with van der Waals surface area (Å²) in [5, 5.41) is 20.9. The molecule has 0 aliphatic rings. The minimum atomic E-state index is -0.284. The summed E-state index contributed by atoms with van der Waals surface area (Å²) in [5.74, 6) is 0. The lowest BCUT2D eigenvalue weighted by molar-refractivity contribution is 0.183. The van der Waals surface area contributed by atoms with Gasteiger partial charge in [0.05, 0.1) is 6.10 Å². The maximum Gasteiger partial charge on any atom is 0.0636 e. The van der Waals surface area contributed by atoms with Crippen LogP contribution in [0.5, 0.6) is 0 Å². The largest absolute Gasteiger partial charge is 0.396 e. The number of hydrogen-bond acceptors (Lipinski definition) is 3. The Hall–Kier alpha value is -0.120. The Morgan fingerprint density at radius 2 is 2.08 bits per heavy atom. The molecule has 0 fully saturated rings. The second kappa shape index (κ2) is 7.53. The molecule has 0 saturated carbocycles. The average Bonchev–Trinajstić information content (AvgIpc) is 2.05.